The standard InChI is InChI=1S/C24H29BO5/c25-21-13-5-1-9-11-3-7-15-20-16(24(28)30-23(15)27)8-4-12(18(11)20)10-2-6-14(22(26)29-21)19(13)17(9)10/h9-20,25H,1-8H2. The van der Waals surface area contributed by atoms with Gasteiger partial charge in [-0.15, -0.1) is 0 Å². The van der Waals surface area contributed by atoms with Crippen molar-refractivity contribution in [2.75, 3.05) is 0 Å². The zero-order valence-corrected chi connectivity index (χ0v) is 17.3. The van der Waals surface area contributed by atoms with Crippen molar-refractivity contribution in [1.82, 2.24) is 0 Å². The summed E-state index contributed by atoms with van der Waals surface area (Å²) in [5.41, 5.74) is 0.718. The van der Waals surface area contributed by atoms with Gasteiger partial charge in [0.25, 0.3) is 0 Å². The molecule has 0 amide bonds. The van der Waals surface area contributed by atoms with Gasteiger partial charge in [0.05, 0.1) is 0 Å². The van der Waals surface area contributed by atoms with Crippen LogP contribution < -0.4 is 0 Å². The minimum atomic E-state index is -0.249. The maximum atomic E-state index is 12.7. The van der Waals surface area contributed by atoms with Crippen molar-refractivity contribution in [3.8, 4) is 0 Å². The van der Waals surface area contributed by atoms with E-state index >= 15 is 0 Å². The van der Waals surface area contributed by atoms with Crippen LogP contribution in [-0.4, -0.2) is 31.0 Å². The number of cyclic esters (lactones) is 3. The Labute approximate surface area is 177 Å². The van der Waals surface area contributed by atoms with E-state index < -0.39 is 0 Å². The first-order chi connectivity index (χ1) is 14.5. The molecule has 0 radical (unpaired) electrons. The topological polar surface area (TPSA) is 69.7 Å². The van der Waals surface area contributed by atoms with Crippen LogP contribution in [0.15, 0.2) is 0 Å². The van der Waals surface area contributed by atoms with E-state index in [2.05, 4.69) is 7.49 Å². The normalized spacial score (nSPS) is 55.7. The van der Waals surface area contributed by atoms with Crippen LogP contribution in [0.25, 0.3) is 0 Å². The number of hydrogen-bond donors (Lipinski definition) is 0. The fraction of sp³-hybridized carbons (Fsp3) is 0.833. The Kier molecular flexibility index (Phi) is 3.67. The van der Waals surface area contributed by atoms with Gasteiger partial charge in [-0.05, 0) is 0 Å². The second kappa shape index (κ2) is 6.07. The first-order valence-electron chi connectivity index (χ1n) is 12.2. The maximum absolute atomic E-state index is 12.7. The van der Waals surface area contributed by atoms with Gasteiger partial charge in [-0.3, -0.25) is 0 Å². The van der Waals surface area contributed by atoms with E-state index in [4.69, 9.17) is 9.47 Å². The number of fused-ring (bicyclic) bond motifs is 2. The molecule has 0 bridgehead atoms. The Morgan fingerprint density at radius 1 is 0.500 bits per heavy atom. The summed E-state index contributed by atoms with van der Waals surface area (Å²) in [6, 6.07) is 0. The van der Waals surface area contributed by atoms with E-state index in [-0.39, 0.29) is 41.6 Å². The fourth-order valence-electron chi connectivity index (χ4n) is 10.2. The monoisotopic (exact) mass is 408 g/mol. The van der Waals surface area contributed by atoms with Gasteiger partial charge in [-0.1, -0.05) is 0 Å². The number of carbonyl (C=O) groups excluding carboxylic acids is 3. The molecular weight excluding hydrogens is 379 g/mol. The van der Waals surface area contributed by atoms with Crippen LogP contribution >= 0.6 is 0 Å². The SMILES string of the molecule is B=C1OC(=O)C2CCC3C4CCC5C(=O)OC(=O)C6CCC(C7CCC1C2C73)C4C65. The van der Waals surface area contributed by atoms with Crippen LogP contribution in [0.4, 0.5) is 0 Å². The Bertz CT molecular complexity index is 734. The molecular formula is C24H29BO5. The molecule has 5 aliphatic carbocycles. The Morgan fingerprint density at radius 3 is 1.33 bits per heavy atom. The third-order valence-electron chi connectivity index (χ3n) is 10.8. The summed E-state index contributed by atoms with van der Waals surface area (Å²) in [6.07, 6.45) is 8.22. The molecule has 6 heteroatoms. The van der Waals surface area contributed by atoms with Gasteiger partial charge in [0.2, 0.25) is 0 Å². The predicted octanol–water partition coefficient (Wildman–Crippen LogP) is 2.24. The predicted molar refractivity (Wildman–Crippen MR) is 108 cm³/mol. The van der Waals surface area contributed by atoms with Crippen molar-refractivity contribution in [2.45, 2.75) is 51.4 Å². The van der Waals surface area contributed by atoms with Crippen LogP contribution in [-0.2, 0) is 23.9 Å². The van der Waals surface area contributed by atoms with E-state index in [1.807, 2.05) is 0 Å². The summed E-state index contributed by atoms with van der Waals surface area (Å²) in [6.45, 7) is 0. The molecule has 5 nitrogen and oxygen atoms in total. The molecule has 30 heavy (non-hydrogen) atoms. The average Bonchev–Trinajstić information content (AvgIpc) is 2.74. The second-order valence-corrected chi connectivity index (χ2v) is 11.3. The quantitative estimate of drug-likeness (QED) is 0.349. The van der Waals surface area contributed by atoms with Crippen molar-refractivity contribution >= 4 is 31.0 Å². The van der Waals surface area contributed by atoms with Gasteiger partial charge >= 0.3 is 177 Å². The second-order valence-electron chi connectivity index (χ2n) is 11.3. The number of hydrogen-bond acceptors (Lipinski definition) is 5. The number of esters is 3. The van der Waals surface area contributed by atoms with Gasteiger partial charge < -0.3 is 0 Å². The molecule has 7 rings (SSSR count). The van der Waals surface area contributed by atoms with Crippen LogP contribution in [0.2, 0.25) is 0 Å². The summed E-state index contributed by atoms with van der Waals surface area (Å²) in [5.74, 6) is 3.91. The van der Waals surface area contributed by atoms with Gasteiger partial charge in [0.1, 0.15) is 0 Å². The van der Waals surface area contributed by atoms with Crippen LogP contribution in [0.1, 0.15) is 51.4 Å². The summed E-state index contributed by atoms with van der Waals surface area (Å²) in [4.78, 5) is 37.9. The van der Waals surface area contributed by atoms with Crippen LogP contribution in [0, 0.1) is 71.0 Å². The molecule has 0 aromatic rings. The van der Waals surface area contributed by atoms with Crippen molar-refractivity contribution in [1.29, 1.82) is 0 Å². The molecule has 2 aliphatic heterocycles. The van der Waals surface area contributed by atoms with Gasteiger partial charge in [-0.25, -0.2) is 0 Å². The molecule has 0 N–H and O–H groups in total. The van der Waals surface area contributed by atoms with Gasteiger partial charge in [0, 0.05) is 0 Å². The number of carbonyl (C=O) groups is 3. The number of ether oxygens (including phenoxy) is 2. The zero-order valence-electron chi connectivity index (χ0n) is 17.3. The fourth-order valence-corrected chi connectivity index (χ4v) is 10.2. The van der Waals surface area contributed by atoms with E-state index in [9.17, 15) is 14.4 Å². The summed E-state index contributed by atoms with van der Waals surface area (Å²) < 4.78 is 10.8. The molecule has 7 aliphatic rings. The third kappa shape index (κ3) is 2.11. The first kappa shape index (κ1) is 18.1. The molecule has 12 atom stereocenters. The van der Waals surface area contributed by atoms with E-state index in [1.54, 1.807) is 0 Å². The van der Waals surface area contributed by atoms with Crippen molar-refractivity contribution < 1.29 is 23.9 Å². The van der Waals surface area contributed by atoms with Crippen LogP contribution in [0.3, 0.4) is 0 Å². The summed E-state index contributed by atoms with van der Waals surface area (Å²) in [5, 5.41) is 0. The summed E-state index contributed by atoms with van der Waals surface area (Å²) in [7, 11) is 4.14. The molecule has 0 aromatic carbocycles. The van der Waals surface area contributed by atoms with E-state index in [0.29, 0.717) is 47.3 Å². The van der Waals surface area contributed by atoms with Crippen molar-refractivity contribution in [3.63, 3.8) is 0 Å². The molecule has 0 aromatic heterocycles. The molecule has 7 fully saturated rings. The van der Waals surface area contributed by atoms with Crippen molar-refractivity contribution in [3.05, 3.63) is 0 Å². The molecule has 0 spiro atoms. The molecule has 5 saturated carbocycles. The van der Waals surface area contributed by atoms with Crippen LogP contribution in [0.5, 0.6) is 0 Å². The van der Waals surface area contributed by atoms with E-state index in [0.717, 1.165) is 50.6 Å². The molecule has 2 heterocycles. The Hall–Kier alpha value is -1.46. The molecule has 158 valence electrons. The molecule has 2 saturated heterocycles. The van der Waals surface area contributed by atoms with Gasteiger partial charge in [0.15, 0.2) is 0 Å². The zero-order chi connectivity index (χ0) is 20.3. The summed E-state index contributed by atoms with van der Waals surface area (Å²) >= 11 is 0. The number of rotatable bonds is 0. The first-order valence-corrected chi connectivity index (χ1v) is 12.2. The van der Waals surface area contributed by atoms with E-state index in [1.165, 1.54) is 6.42 Å². The molecule has 12 unspecified atom stereocenters. The van der Waals surface area contributed by atoms with Gasteiger partial charge in [-0.2, -0.15) is 0 Å². The van der Waals surface area contributed by atoms with Crippen molar-refractivity contribution in [2.24, 2.45) is 71.0 Å². The average molecular weight is 408 g/mol. The Balaban J connectivity index is 1.31. The Morgan fingerprint density at radius 2 is 0.867 bits per heavy atom. The minimum absolute atomic E-state index is 0.0319. The third-order valence-corrected chi connectivity index (χ3v) is 10.8.